The predicted octanol–water partition coefficient (Wildman–Crippen LogP) is 7.10. The standard InChI is InChI=1S/C30H36N3/c1-19-15-16-31-26-24(19)28-32(8)22-11-9-10-12-23(22)33(28)27-21(18-30(5,6)7)14-13-20(25(26)27)17-29(2,3)4/h9-16H,17-18H2,1-8H3/q+1. The lowest BCUT2D eigenvalue weighted by molar-refractivity contribution is -0.617. The van der Waals surface area contributed by atoms with Gasteiger partial charge in [0, 0.05) is 11.8 Å². The van der Waals surface area contributed by atoms with E-state index in [0.29, 0.717) is 0 Å². The fourth-order valence-corrected chi connectivity index (χ4v) is 5.48. The Morgan fingerprint density at radius 2 is 1.45 bits per heavy atom. The third-order valence-electron chi connectivity index (χ3n) is 6.65. The summed E-state index contributed by atoms with van der Waals surface area (Å²) in [7, 11) is 2.19. The summed E-state index contributed by atoms with van der Waals surface area (Å²) < 4.78 is 4.87. The molecule has 0 fully saturated rings. The minimum atomic E-state index is 0.185. The van der Waals surface area contributed by atoms with Crippen molar-refractivity contribution >= 4 is 38.5 Å². The first-order chi connectivity index (χ1) is 15.5. The zero-order valence-corrected chi connectivity index (χ0v) is 21.4. The van der Waals surface area contributed by atoms with Crippen LogP contribution in [-0.2, 0) is 19.9 Å². The second kappa shape index (κ2) is 7.28. The molecule has 0 aliphatic carbocycles. The first kappa shape index (κ1) is 21.9. The van der Waals surface area contributed by atoms with Gasteiger partial charge in [-0.2, -0.15) is 4.40 Å². The van der Waals surface area contributed by atoms with Crippen LogP contribution in [0.25, 0.3) is 38.5 Å². The van der Waals surface area contributed by atoms with E-state index in [4.69, 9.17) is 4.98 Å². The number of para-hydroxylation sites is 2. The number of pyridine rings is 2. The third-order valence-corrected chi connectivity index (χ3v) is 6.65. The number of nitrogens with zero attached hydrogens (tertiary/aromatic N) is 3. The number of rotatable bonds is 2. The van der Waals surface area contributed by atoms with Crippen molar-refractivity contribution < 1.29 is 4.57 Å². The molecule has 0 radical (unpaired) electrons. The number of benzene rings is 2. The van der Waals surface area contributed by atoms with Crippen LogP contribution in [0.5, 0.6) is 0 Å². The molecule has 0 atom stereocenters. The van der Waals surface area contributed by atoms with Crippen LogP contribution >= 0.6 is 0 Å². The van der Waals surface area contributed by atoms with Gasteiger partial charge >= 0.3 is 0 Å². The fourth-order valence-electron chi connectivity index (χ4n) is 5.48. The fraction of sp³-hybridized carbons (Fsp3) is 0.400. The molecule has 0 saturated heterocycles. The van der Waals surface area contributed by atoms with E-state index in [9.17, 15) is 0 Å². The van der Waals surface area contributed by atoms with Gasteiger partial charge in [-0.1, -0.05) is 65.8 Å². The monoisotopic (exact) mass is 438 g/mol. The number of aryl methyl sites for hydroxylation is 2. The Morgan fingerprint density at radius 3 is 2.15 bits per heavy atom. The topological polar surface area (TPSA) is 21.2 Å². The van der Waals surface area contributed by atoms with Crippen molar-refractivity contribution in [1.82, 2.24) is 9.38 Å². The predicted molar refractivity (Wildman–Crippen MR) is 140 cm³/mol. The van der Waals surface area contributed by atoms with Crippen LogP contribution in [0.2, 0.25) is 0 Å². The molecule has 0 aliphatic heterocycles. The summed E-state index contributed by atoms with van der Waals surface area (Å²) >= 11 is 0. The summed E-state index contributed by atoms with van der Waals surface area (Å²) in [5, 5.41) is 2.57. The lowest BCUT2D eigenvalue weighted by Crippen LogP contribution is -2.27. The number of imidazole rings is 1. The number of aromatic nitrogens is 3. The van der Waals surface area contributed by atoms with Crippen molar-refractivity contribution in [2.45, 2.75) is 61.3 Å². The zero-order valence-electron chi connectivity index (χ0n) is 21.4. The lowest BCUT2D eigenvalue weighted by atomic mass is 9.83. The highest BCUT2D eigenvalue weighted by molar-refractivity contribution is 6.13. The van der Waals surface area contributed by atoms with Crippen molar-refractivity contribution in [2.24, 2.45) is 17.9 Å². The molecule has 3 heterocycles. The van der Waals surface area contributed by atoms with Gasteiger partial charge in [0.15, 0.2) is 11.0 Å². The molecular formula is C30H36N3+. The summed E-state index contributed by atoms with van der Waals surface area (Å²) in [6, 6.07) is 15.7. The van der Waals surface area contributed by atoms with E-state index < -0.39 is 0 Å². The van der Waals surface area contributed by atoms with Crippen LogP contribution in [0.3, 0.4) is 0 Å². The van der Waals surface area contributed by atoms with Crippen molar-refractivity contribution in [3.8, 4) is 0 Å². The molecule has 0 amide bonds. The number of fused-ring (bicyclic) bond motifs is 8. The first-order valence-corrected chi connectivity index (χ1v) is 12.1. The zero-order chi connectivity index (χ0) is 23.7. The Hall–Kier alpha value is -2.94. The first-order valence-electron chi connectivity index (χ1n) is 12.1. The van der Waals surface area contributed by atoms with Crippen LogP contribution in [0.4, 0.5) is 0 Å². The molecule has 0 aliphatic rings. The molecule has 170 valence electrons. The van der Waals surface area contributed by atoms with Gasteiger partial charge in [-0.05, 0) is 59.9 Å². The van der Waals surface area contributed by atoms with Crippen molar-refractivity contribution in [3.05, 3.63) is 65.4 Å². The SMILES string of the molecule is Cc1ccnc2c3c(CC(C)(C)C)ccc(CC(C)(C)C)c3n3c4ccccc4[n+](C)c3c12. The Bertz CT molecular complexity index is 1540. The molecule has 0 spiro atoms. The van der Waals surface area contributed by atoms with Crippen molar-refractivity contribution in [3.63, 3.8) is 0 Å². The van der Waals surface area contributed by atoms with E-state index in [-0.39, 0.29) is 10.8 Å². The molecule has 3 nitrogen and oxygen atoms in total. The summed E-state index contributed by atoms with van der Waals surface area (Å²) in [5.41, 5.74) is 10.6. The summed E-state index contributed by atoms with van der Waals surface area (Å²) in [4.78, 5) is 5.03. The molecule has 0 unspecified atom stereocenters. The Kier molecular flexibility index (Phi) is 4.83. The van der Waals surface area contributed by atoms with E-state index in [2.05, 4.69) is 107 Å². The van der Waals surface area contributed by atoms with E-state index >= 15 is 0 Å². The Balaban J connectivity index is 2.13. The largest absolute Gasteiger partial charge is 0.297 e. The van der Waals surface area contributed by atoms with Gasteiger partial charge in [0.2, 0.25) is 0 Å². The molecule has 5 rings (SSSR count). The van der Waals surface area contributed by atoms with Gasteiger partial charge in [-0.15, -0.1) is 0 Å². The van der Waals surface area contributed by atoms with Gasteiger partial charge in [-0.3, -0.25) is 4.98 Å². The molecular weight excluding hydrogens is 402 g/mol. The van der Waals surface area contributed by atoms with E-state index in [1.807, 2.05) is 6.20 Å². The molecule has 3 heteroatoms. The minimum Gasteiger partial charge on any atom is -0.255 e. The van der Waals surface area contributed by atoms with Crippen LogP contribution in [0.1, 0.15) is 58.2 Å². The lowest BCUT2D eigenvalue weighted by Gasteiger charge is -2.23. The molecule has 0 saturated carbocycles. The summed E-state index contributed by atoms with van der Waals surface area (Å²) in [5.74, 6) is 0. The van der Waals surface area contributed by atoms with E-state index in [1.165, 1.54) is 49.7 Å². The van der Waals surface area contributed by atoms with Gasteiger partial charge in [0.25, 0.3) is 5.65 Å². The molecule has 3 aromatic heterocycles. The average molecular weight is 439 g/mol. The maximum atomic E-state index is 5.03. The molecule has 5 aromatic rings. The normalized spacial score (nSPS) is 13.1. The van der Waals surface area contributed by atoms with Gasteiger partial charge < -0.3 is 0 Å². The van der Waals surface area contributed by atoms with Crippen molar-refractivity contribution in [2.75, 3.05) is 0 Å². The Labute approximate surface area is 197 Å². The van der Waals surface area contributed by atoms with Crippen LogP contribution in [0, 0.1) is 17.8 Å². The second-order valence-electron chi connectivity index (χ2n) is 12.1. The molecule has 2 aromatic carbocycles. The highest BCUT2D eigenvalue weighted by Gasteiger charge is 2.29. The molecule has 0 N–H and O–H groups in total. The van der Waals surface area contributed by atoms with E-state index in [1.54, 1.807) is 0 Å². The van der Waals surface area contributed by atoms with Gasteiger partial charge in [0.1, 0.15) is 5.52 Å². The van der Waals surface area contributed by atoms with Crippen molar-refractivity contribution in [1.29, 1.82) is 0 Å². The van der Waals surface area contributed by atoms with Crippen LogP contribution in [-0.4, -0.2) is 9.38 Å². The molecule has 0 bridgehead atoms. The highest BCUT2D eigenvalue weighted by atomic mass is 15.1. The Morgan fingerprint density at radius 1 is 0.818 bits per heavy atom. The van der Waals surface area contributed by atoms with Crippen LogP contribution < -0.4 is 4.57 Å². The van der Waals surface area contributed by atoms with Gasteiger partial charge in [-0.25, -0.2) is 4.57 Å². The number of hydrogen-bond donors (Lipinski definition) is 0. The minimum absolute atomic E-state index is 0.185. The quantitative estimate of drug-likeness (QED) is 0.213. The average Bonchev–Trinajstić information content (AvgIpc) is 3.00. The maximum Gasteiger partial charge on any atom is 0.297 e. The summed E-state index contributed by atoms with van der Waals surface area (Å²) in [6.07, 6.45) is 4.01. The number of hydrogen-bond acceptors (Lipinski definition) is 1. The highest BCUT2D eigenvalue weighted by Crippen LogP contribution is 2.38. The third kappa shape index (κ3) is 3.58. The van der Waals surface area contributed by atoms with E-state index in [0.717, 1.165) is 18.4 Å². The second-order valence-corrected chi connectivity index (χ2v) is 12.1. The van der Waals surface area contributed by atoms with Crippen LogP contribution in [0.15, 0.2) is 48.7 Å². The van der Waals surface area contributed by atoms with Gasteiger partial charge in [0.05, 0.1) is 23.3 Å². The maximum absolute atomic E-state index is 5.03. The summed E-state index contributed by atoms with van der Waals surface area (Å²) in [6.45, 7) is 16.2. The smallest absolute Gasteiger partial charge is 0.255 e. The molecule has 33 heavy (non-hydrogen) atoms.